The summed E-state index contributed by atoms with van der Waals surface area (Å²) < 4.78 is 0. The summed E-state index contributed by atoms with van der Waals surface area (Å²) in [5.74, 6) is 4.79. The highest BCUT2D eigenvalue weighted by Gasteiger charge is 1.72. The molecule has 0 heterocycles. The molecule has 0 aliphatic heterocycles. The predicted octanol–water partition coefficient (Wildman–Crippen LogP) is 1.64. The summed E-state index contributed by atoms with van der Waals surface area (Å²) in [5, 5.41) is 8.39. The molecule has 0 unspecified atom stereocenters. The zero-order valence-corrected chi connectivity index (χ0v) is 4.86. The number of aliphatic hydroxyl groups is 1. The first kappa shape index (κ1) is 6.84. The minimum absolute atomic E-state index is 0.118. The molecule has 8 heavy (non-hydrogen) atoms. The Morgan fingerprint density at radius 3 is 2.00 bits per heavy atom. The molecule has 0 rings (SSSR count). The molecule has 0 saturated heterocycles. The van der Waals surface area contributed by atoms with Crippen molar-refractivity contribution in [1.29, 1.82) is 0 Å². The van der Waals surface area contributed by atoms with Gasteiger partial charge in [0.15, 0.2) is 5.76 Å². The third-order valence-corrected chi connectivity index (χ3v) is 0.420. The molecule has 0 amide bonds. The Kier molecular flexibility index (Phi) is 2.50. The van der Waals surface area contributed by atoms with Gasteiger partial charge in [0.05, 0.1) is 0 Å². The van der Waals surface area contributed by atoms with Crippen LogP contribution in [0.1, 0.15) is 6.92 Å². The highest BCUT2D eigenvalue weighted by Crippen LogP contribution is 1.82. The van der Waals surface area contributed by atoms with Crippen LogP contribution in [0.25, 0.3) is 0 Å². The third kappa shape index (κ3) is 4.84. The number of hydrogen-bond acceptors (Lipinski definition) is 1. The Hall–Kier alpha value is -1.16. The molecule has 0 bridgehead atoms. The Labute approximate surface area is 49.3 Å². The van der Waals surface area contributed by atoms with E-state index in [-0.39, 0.29) is 5.76 Å². The van der Waals surface area contributed by atoms with Crippen LogP contribution in [0.15, 0.2) is 24.5 Å². The maximum Gasteiger partial charge on any atom is 0.160 e. The maximum absolute atomic E-state index is 8.39. The second-order valence-corrected chi connectivity index (χ2v) is 1.48. The molecule has 1 heteroatoms. The fourth-order valence-corrected chi connectivity index (χ4v) is 0.179. The molecule has 0 fully saturated rings. The van der Waals surface area contributed by atoms with Crippen LogP contribution >= 0.6 is 0 Å². The van der Waals surface area contributed by atoms with Crippen molar-refractivity contribution in [2.24, 2.45) is 0 Å². The molecular weight excluding hydrogens is 100 g/mol. The molecule has 0 spiro atoms. The predicted molar refractivity (Wildman–Crippen MR) is 34.4 cm³/mol. The zero-order chi connectivity index (χ0) is 6.57. The first-order chi connectivity index (χ1) is 3.63. The van der Waals surface area contributed by atoms with Gasteiger partial charge in [0.1, 0.15) is 0 Å². The van der Waals surface area contributed by atoms with Gasteiger partial charge in [0, 0.05) is 0 Å². The largest absolute Gasteiger partial charge is 0.501 e. The molecule has 0 radical (unpaired) electrons. The Morgan fingerprint density at radius 1 is 1.38 bits per heavy atom. The normalized spacial score (nSPS) is 6.62. The van der Waals surface area contributed by atoms with Crippen molar-refractivity contribution < 1.29 is 5.11 Å². The van der Waals surface area contributed by atoms with Crippen LogP contribution in [-0.2, 0) is 0 Å². The third-order valence-electron chi connectivity index (χ3n) is 0.420. The van der Waals surface area contributed by atoms with Crippen LogP contribution < -0.4 is 0 Å². The smallest absolute Gasteiger partial charge is 0.160 e. The first-order valence-corrected chi connectivity index (χ1v) is 2.18. The second kappa shape index (κ2) is 2.92. The first-order valence-electron chi connectivity index (χ1n) is 2.18. The summed E-state index contributed by atoms with van der Waals surface area (Å²) in [6.45, 7) is 8.43. The van der Waals surface area contributed by atoms with Crippen molar-refractivity contribution in [3.05, 3.63) is 24.5 Å². The fourth-order valence-electron chi connectivity index (χ4n) is 0.179. The highest BCUT2D eigenvalue weighted by atomic mass is 16.3. The standard InChI is InChI=1S/C7H8O/c1-6(2)4-5-7(3)8/h8H,1,3H2,2H3. The van der Waals surface area contributed by atoms with Crippen molar-refractivity contribution in [1.82, 2.24) is 0 Å². The second-order valence-electron chi connectivity index (χ2n) is 1.48. The summed E-state index contributed by atoms with van der Waals surface area (Å²) in [6, 6.07) is 0. The fraction of sp³-hybridized carbons (Fsp3) is 0.143. The minimum atomic E-state index is -0.118. The Balaban J connectivity index is 3.87. The van der Waals surface area contributed by atoms with E-state index in [4.69, 9.17) is 5.11 Å². The number of aliphatic hydroxyl groups excluding tert-OH is 1. The number of allylic oxidation sites excluding steroid dienone is 2. The quantitative estimate of drug-likeness (QED) is 0.369. The van der Waals surface area contributed by atoms with E-state index in [1.807, 2.05) is 0 Å². The van der Waals surface area contributed by atoms with Gasteiger partial charge in [0.25, 0.3) is 0 Å². The molecule has 0 aromatic heterocycles. The molecule has 0 atom stereocenters. The summed E-state index contributed by atoms with van der Waals surface area (Å²) in [7, 11) is 0. The van der Waals surface area contributed by atoms with E-state index in [9.17, 15) is 0 Å². The maximum atomic E-state index is 8.39. The molecule has 0 aliphatic rings. The topological polar surface area (TPSA) is 20.2 Å². The van der Waals surface area contributed by atoms with Crippen molar-refractivity contribution in [3.8, 4) is 11.8 Å². The average Bonchev–Trinajstić information content (AvgIpc) is 1.61. The van der Waals surface area contributed by atoms with Crippen LogP contribution in [0.3, 0.4) is 0 Å². The van der Waals surface area contributed by atoms with E-state index >= 15 is 0 Å². The van der Waals surface area contributed by atoms with Gasteiger partial charge < -0.3 is 5.11 Å². The van der Waals surface area contributed by atoms with Crippen molar-refractivity contribution in [3.63, 3.8) is 0 Å². The van der Waals surface area contributed by atoms with Gasteiger partial charge in [-0.2, -0.15) is 0 Å². The van der Waals surface area contributed by atoms with Gasteiger partial charge in [-0.15, -0.1) is 0 Å². The number of hydrogen-bond donors (Lipinski definition) is 1. The van der Waals surface area contributed by atoms with E-state index in [1.165, 1.54) is 0 Å². The SMILES string of the molecule is C=C(C)C#CC(=C)O. The lowest BCUT2D eigenvalue weighted by atomic mass is 10.3. The molecule has 42 valence electrons. The molecule has 0 aromatic rings. The Morgan fingerprint density at radius 2 is 1.88 bits per heavy atom. The van der Waals surface area contributed by atoms with Gasteiger partial charge in [-0.3, -0.25) is 0 Å². The summed E-state index contributed by atoms with van der Waals surface area (Å²) in [5.41, 5.74) is 0.722. The van der Waals surface area contributed by atoms with E-state index in [0.717, 1.165) is 5.57 Å². The minimum Gasteiger partial charge on any atom is -0.501 e. The van der Waals surface area contributed by atoms with Gasteiger partial charge in [-0.1, -0.05) is 12.5 Å². The summed E-state index contributed by atoms with van der Waals surface area (Å²) in [6.07, 6.45) is 0. The van der Waals surface area contributed by atoms with Crippen molar-refractivity contribution in [2.75, 3.05) is 0 Å². The lowest BCUT2D eigenvalue weighted by Crippen LogP contribution is -1.68. The van der Waals surface area contributed by atoms with E-state index in [2.05, 4.69) is 25.0 Å². The van der Waals surface area contributed by atoms with Gasteiger partial charge in [-0.25, -0.2) is 0 Å². The molecule has 0 aromatic carbocycles. The lowest BCUT2D eigenvalue weighted by molar-refractivity contribution is 0.441. The van der Waals surface area contributed by atoms with Crippen molar-refractivity contribution in [2.45, 2.75) is 6.92 Å². The van der Waals surface area contributed by atoms with E-state index < -0.39 is 0 Å². The summed E-state index contributed by atoms with van der Waals surface area (Å²) in [4.78, 5) is 0. The lowest BCUT2D eigenvalue weighted by Gasteiger charge is -1.77. The van der Waals surface area contributed by atoms with Crippen LogP contribution in [0.4, 0.5) is 0 Å². The molecule has 1 nitrogen and oxygen atoms in total. The van der Waals surface area contributed by atoms with Crippen LogP contribution in [0, 0.1) is 11.8 Å². The van der Waals surface area contributed by atoms with E-state index in [1.54, 1.807) is 6.92 Å². The summed E-state index contributed by atoms with van der Waals surface area (Å²) >= 11 is 0. The van der Waals surface area contributed by atoms with Gasteiger partial charge in [-0.05, 0) is 25.0 Å². The average molecular weight is 108 g/mol. The Bertz CT molecular complexity index is 149. The van der Waals surface area contributed by atoms with Crippen LogP contribution in [0.5, 0.6) is 0 Å². The molecule has 0 aliphatic carbocycles. The van der Waals surface area contributed by atoms with Crippen molar-refractivity contribution >= 4 is 0 Å². The van der Waals surface area contributed by atoms with E-state index in [0.29, 0.717) is 0 Å². The van der Waals surface area contributed by atoms with Gasteiger partial charge >= 0.3 is 0 Å². The highest BCUT2D eigenvalue weighted by molar-refractivity contribution is 5.30. The number of rotatable bonds is 0. The molecule has 1 N–H and O–H groups in total. The van der Waals surface area contributed by atoms with Gasteiger partial charge in [0.2, 0.25) is 0 Å². The molecule has 0 saturated carbocycles. The molecular formula is C7H8O. The van der Waals surface area contributed by atoms with Crippen LogP contribution in [-0.4, -0.2) is 5.11 Å². The zero-order valence-electron chi connectivity index (χ0n) is 4.86. The van der Waals surface area contributed by atoms with Crippen LogP contribution in [0.2, 0.25) is 0 Å². The monoisotopic (exact) mass is 108 g/mol.